The molecule has 1 N–H and O–H groups in total. The summed E-state index contributed by atoms with van der Waals surface area (Å²) >= 11 is 18.6. The van der Waals surface area contributed by atoms with Gasteiger partial charge >= 0.3 is 5.97 Å². The largest absolute Gasteiger partial charge is 0.481 e. The minimum absolute atomic E-state index is 0.0395. The van der Waals surface area contributed by atoms with E-state index in [9.17, 15) is 23.1 Å². The summed E-state index contributed by atoms with van der Waals surface area (Å²) in [6.45, 7) is 1.77. The minimum Gasteiger partial charge on any atom is -0.481 e. The molecular formula is C28H26Cl3NO6S. The number of carboxylic acids is 1. The van der Waals surface area contributed by atoms with Gasteiger partial charge in [0, 0.05) is 16.1 Å². The van der Waals surface area contributed by atoms with Crippen molar-refractivity contribution in [3.05, 3.63) is 99.0 Å². The van der Waals surface area contributed by atoms with Crippen molar-refractivity contribution in [2.24, 2.45) is 0 Å². The Kier molecular flexibility index (Phi) is 9.24. The lowest BCUT2D eigenvalue weighted by Crippen LogP contribution is -2.56. The third-order valence-corrected chi connectivity index (χ3v) is 9.40. The zero-order valence-electron chi connectivity index (χ0n) is 20.8. The molecule has 3 aromatic carbocycles. The molecular weight excluding hydrogens is 585 g/mol. The molecule has 11 heteroatoms. The van der Waals surface area contributed by atoms with Gasteiger partial charge in [0.2, 0.25) is 0 Å². The predicted octanol–water partition coefficient (Wildman–Crippen LogP) is 6.38. The second kappa shape index (κ2) is 12.3. The molecule has 0 bridgehead atoms. The fraction of sp³-hybridized carbons (Fsp3) is 0.286. The molecule has 0 aliphatic carbocycles. The number of nitrogens with zero attached hydrogens (tertiary/aromatic N) is 1. The van der Waals surface area contributed by atoms with E-state index in [0.717, 1.165) is 0 Å². The van der Waals surface area contributed by atoms with Gasteiger partial charge in [-0.15, -0.1) is 0 Å². The molecule has 0 unspecified atom stereocenters. The Hall–Kier alpha value is -2.62. The number of hydrogen-bond acceptors (Lipinski definition) is 5. The van der Waals surface area contributed by atoms with Crippen LogP contribution in [0.25, 0.3) is 0 Å². The smallest absolute Gasteiger partial charge is 0.306 e. The van der Waals surface area contributed by atoms with Crippen LogP contribution in [0.15, 0.2) is 77.7 Å². The zero-order valence-corrected chi connectivity index (χ0v) is 23.9. The Balaban J connectivity index is 1.87. The molecule has 0 spiro atoms. The Labute approximate surface area is 242 Å². The van der Waals surface area contributed by atoms with E-state index in [4.69, 9.17) is 39.5 Å². The maximum atomic E-state index is 13.9. The van der Waals surface area contributed by atoms with Crippen molar-refractivity contribution in [1.82, 2.24) is 4.90 Å². The second-order valence-electron chi connectivity index (χ2n) is 9.21. The van der Waals surface area contributed by atoms with Crippen molar-refractivity contribution in [2.45, 2.75) is 49.0 Å². The molecule has 1 heterocycles. The summed E-state index contributed by atoms with van der Waals surface area (Å²) in [5, 5.41) is 10.5. The van der Waals surface area contributed by atoms with Crippen LogP contribution in [0.5, 0.6) is 0 Å². The molecule has 1 amide bonds. The molecule has 3 aromatic rings. The number of rotatable bonds is 9. The van der Waals surface area contributed by atoms with Crippen LogP contribution in [0.2, 0.25) is 15.1 Å². The molecule has 7 nitrogen and oxygen atoms in total. The molecule has 1 saturated heterocycles. The number of ether oxygens (including phenoxy) is 1. The Morgan fingerprint density at radius 1 is 0.974 bits per heavy atom. The normalized spacial score (nSPS) is 20.6. The van der Waals surface area contributed by atoms with Gasteiger partial charge in [0.15, 0.2) is 9.84 Å². The van der Waals surface area contributed by atoms with Crippen LogP contribution in [0.3, 0.4) is 0 Å². The van der Waals surface area contributed by atoms with Crippen LogP contribution in [0.1, 0.15) is 43.0 Å². The molecule has 0 radical (unpaired) electrons. The first kappa shape index (κ1) is 29.4. The van der Waals surface area contributed by atoms with Crippen LogP contribution in [-0.4, -0.2) is 48.2 Å². The van der Waals surface area contributed by atoms with Crippen molar-refractivity contribution in [3.8, 4) is 0 Å². The van der Waals surface area contributed by atoms with E-state index in [1.807, 2.05) is 0 Å². The van der Waals surface area contributed by atoms with E-state index in [1.165, 1.54) is 17.0 Å². The number of hydrogen-bond donors (Lipinski definition) is 1. The lowest BCUT2D eigenvalue weighted by Gasteiger charge is -2.48. The number of sulfone groups is 1. The third-order valence-electron chi connectivity index (χ3n) is 6.62. The number of benzene rings is 3. The summed E-state index contributed by atoms with van der Waals surface area (Å²) < 4.78 is 33.2. The van der Waals surface area contributed by atoms with E-state index < -0.39 is 58.2 Å². The fourth-order valence-electron chi connectivity index (χ4n) is 4.83. The minimum atomic E-state index is -3.94. The molecule has 0 saturated carbocycles. The summed E-state index contributed by atoms with van der Waals surface area (Å²) in [4.78, 5) is 27.0. The number of carboxylic acid groups (broad SMARTS) is 1. The number of morpholine rings is 1. The standard InChI is InChI=1S/C28H26Cl3NO6S/c1-2-21(16-39(36,37)24-9-4-3-8-22(24)31)32-26(17-10-12-19(29)13-11-17)27(18-6-5-7-20(30)14-18)38-23(28(32)35)15-25(33)34/h3-14,21,23,26-27H,2,15-16H2,1H3,(H,33,34)/t21-,23-,26+,27+/m0/s1. The molecule has 1 aliphatic heterocycles. The van der Waals surface area contributed by atoms with E-state index in [0.29, 0.717) is 21.2 Å². The van der Waals surface area contributed by atoms with Gasteiger partial charge in [-0.2, -0.15) is 0 Å². The Bertz CT molecular complexity index is 1460. The topological polar surface area (TPSA) is 101 Å². The SMILES string of the molecule is CC[C@@H](CS(=O)(=O)c1ccccc1Cl)N1C(=O)[C@H](CC(=O)O)O[C@H](c2cccc(Cl)c2)[C@H]1c1ccc(Cl)cc1. The van der Waals surface area contributed by atoms with Gasteiger partial charge in [-0.1, -0.05) is 78.1 Å². The van der Waals surface area contributed by atoms with Crippen LogP contribution >= 0.6 is 34.8 Å². The van der Waals surface area contributed by atoms with E-state index >= 15 is 0 Å². The summed E-state index contributed by atoms with van der Waals surface area (Å²) in [7, 11) is -3.94. The first-order chi connectivity index (χ1) is 18.5. The molecule has 206 valence electrons. The quantitative estimate of drug-likeness (QED) is 0.302. The van der Waals surface area contributed by atoms with Gasteiger partial charge in [0.05, 0.1) is 28.1 Å². The van der Waals surface area contributed by atoms with Crippen molar-refractivity contribution in [2.75, 3.05) is 5.75 Å². The average molecular weight is 611 g/mol. The number of aliphatic carboxylic acids is 1. The van der Waals surface area contributed by atoms with Crippen molar-refractivity contribution in [3.63, 3.8) is 0 Å². The maximum Gasteiger partial charge on any atom is 0.306 e. The monoisotopic (exact) mass is 609 g/mol. The van der Waals surface area contributed by atoms with Gasteiger partial charge < -0.3 is 14.7 Å². The highest BCUT2D eigenvalue weighted by molar-refractivity contribution is 7.91. The van der Waals surface area contributed by atoms with Gasteiger partial charge in [0.25, 0.3) is 5.91 Å². The van der Waals surface area contributed by atoms with Gasteiger partial charge in [-0.05, 0) is 53.9 Å². The van der Waals surface area contributed by atoms with Gasteiger partial charge in [0.1, 0.15) is 12.2 Å². The molecule has 0 aromatic heterocycles. The third kappa shape index (κ3) is 6.58. The zero-order chi connectivity index (χ0) is 28.3. The molecule has 1 fully saturated rings. The van der Waals surface area contributed by atoms with Crippen molar-refractivity contribution >= 4 is 56.5 Å². The summed E-state index contributed by atoms with van der Waals surface area (Å²) in [5.74, 6) is -2.26. The van der Waals surface area contributed by atoms with E-state index in [2.05, 4.69) is 0 Å². The van der Waals surface area contributed by atoms with Crippen LogP contribution in [0.4, 0.5) is 0 Å². The van der Waals surface area contributed by atoms with Crippen molar-refractivity contribution < 1.29 is 27.9 Å². The van der Waals surface area contributed by atoms with Gasteiger partial charge in [-0.3, -0.25) is 9.59 Å². The first-order valence-electron chi connectivity index (χ1n) is 12.2. The van der Waals surface area contributed by atoms with Crippen LogP contribution in [-0.2, 0) is 24.2 Å². The highest BCUT2D eigenvalue weighted by atomic mass is 35.5. The summed E-state index contributed by atoms with van der Waals surface area (Å²) in [5.41, 5.74) is 1.25. The van der Waals surface area contributed by atoms with E-state index in [1.54, 1.807) is 67.6 Å². The van der Waals surface area contributed by atoms with Crippen molar-refractivity contribution in [1.29, 1.82) is 0 Å². The average Bonchev–Trinajstić information content (AvgIpc) is 2.89. The lowest BCUT2D eigenvalue weighted by atomic mass is 9.89. The molecule has 39 heavy (non-hydrogen) atoms. The first-order valence-corrected chi connectivity index (χ1v) is 15.0. The Morgan fingerprint density at radius 2 is 1.67 bits per heavy atom. The predicted molar refractivity (Wildman–Crippen MR) is 150 cm³/mol. The van der Waals surface area contributed by atoms with E-state index in [-0.39, 0.29) is 16.3 Å². The number of carbonyl (C=O) groups is 2. The molecule has 4 atom stereocenters. The van der Waals surface area contributed by atoms with Gasteiger partial charge in [-0.25, -0.2) is 8.42 Å². The van der Waals surface area contributed by atoms with Crippen LogP contribution < -0.4 is 0 Å². The fourth-order valence-corrected chi connectivity index (χ4v) is 7.38. The van der Waals surface area contributed by atoms with Crippen LogP contribution in [0, 0.1) is 0 Å². The maximum absolute atomic E-state index is 13.9. The Morgan fingerprint density at radius 3 is 2.28 bits per heavy atom. The second-order valence-corrected chi connectivity index (χ2v) is 12.5. The number of carbonyl (C=O) groups excluding carboxylic acids is 1. The number of halogens is 3. The lowest BCUT2D eigenvalue weighted by molar-refractivity contribution is -0.182. The summed E-state index contributed by atoms with van der Waals surface area (Å²) in [6.07, 6.45) is -2.51. The number of amides is 1. The molecule has 1 aliphatic rings. The summed E-state index contributed by atoms with van der Waals surface area (Å²) in [6, 6.07) is 18.2. The highest BCUT2D eigenvalue weighted by Crippen LogP contribution is 2.45. The highest BCUT2D eigenvalue weighted by Gasteiger charge is 2.48. The molecule has 4 rings (SSSR count).